The van der Waals surface area contributed by atoms with Gasteiger partial charge in [0, 0.05) is 37.5 Å². The number of hydrogen-bond donors (Lipinski definition) is 1. The summed E-state index contributed by atoms with van der Waals surface area (Å²) in [4.78, 5) is 27.0. The van der Waals surface area contributed by atoms with Crippen LogP contribution in [0.5, 0.6) is 11.5 Å². The number of benzene rings is 1. The summed E-state index contributed by atoms with van der Waals surface area (Å²) in [5.41, 5.74) is 0.445. The van der Waals surface area contributed by atoms with Gasteiger partial charge in [0.25, 0.3) is 5.56 Å². The van der Waals surface area contributed by atoms with E-state index in [9.17, 15) is 4.79 Å². The van der Waals surface area contributed by atoms with E-state index in [-0.39, 0.29) is 5.56 Å². The average Bonchev–Trinajstić information content (AvgIpc) is 3.22. The zero-order chi connectivity index (χ0) is 20.4. The van der Waals surface area contributed by atoms with Crippen molar-refractivity contribution in [2.45, 2.75) is 38.8 Å². The van der Waals surface area contributed by atoms with Gasteiger partial charge in [0.15, 0.2) is 11.5 Å². The minimum absolute atomic E-state index is 0.164. The summed E-state index contributed by atoms with van der Waals surface area (Å²) in [5.74, 6) is 2.87. The first kappa shape index (κ1) is 19.4. The summed E-state index contributed by atoms with van der Waals surface area (Å²) in [7, 11) is 3.13. The molecule has 3 aromatic rings. The van der Waals surface area contributed by atoms with Crippen LogP contribution in [0.3, 0.4) is 0 Å². The molecule has 1 aromatic carbocycles. The zero-order valence-corrected chi connectivity index (χ0v) is 17.1. The summed E-state index contributed by atoms with van der Waals surface area (Å²) in [6.45, 7) is 4.63. The Kier molecular flexibility index (Phi) is 5.53. The maximum Gasteiger partial charge on any atom is 0.258 e. The number of aromatic amines is 1. The van der Waals surface area contributed by atoms with Gasteiger partial charge in [-0.15, -0.1) is 0 Å². The summed E-state index contributed by atoms with van der Waals surface area (Å²) in [5, 5.41) is 0.494. The molecule has 154 valence electrons. The smallest absolute Gasteiger partial charge is 0.258 e. The number of ether oxygens (including phenoxy) is 2. The van der Waals surface area contributed by atoms with Gasteiger partial charge in [-0.05, 0) is 25.5 Å². The van der Waals surface area contributed by atoms with Gasteiger partial charge in [0.2, 0.25) is 0 Å². The fraction of sp³-hybridized carbons (Fsp3) is 0.476. The molecule has 8 nitrogen and oxygen atoms in total. The van der Waals surface area contributed by atoms with E-state index in [1.165, 1.54) is 0 Å². The molecule has 0 aliphatic carbocycles. The minimum atomic E-state index is -0.164. The van der Waals surface area contributed by atoms with E-state index < -0.39 is 0 Å². The van der Waals surface area contributed by atoms with Crippen LogP contribution in [-0.4, -0.2) is 51.7 Å². The van der Waals surface area contributed by atoms with Crippen molar-refractivity contribution in [3.8, 4) is 11.5 Å². The predicted octanol–water partition coefficient (Wildman–Crippen LogP) is 2.54. The van der Waals surface area contributed by atoms with Crippen LogP contribution in [0.1, 0.15) is 37.5 Å². The SMILES string of the molecule is CCc1nccn1C1CCCN(Cc2nc3cc(OC)c(OC)cc3c(=O)[nH]2)C1. The molecule has 1 N–H and O–H groups in total. The van der Waals surface area contributed by atoms with Crippen molar-refractivity contribution in [3.63, 3.8) is 0 Å². The third-order valence-corrected chi connectivity index (χ3v) is 5.57. The van der Waals surface area contributed by atoms with Crippen LogP contribution in [-0.2, 0) is 13.0 Å². The van der Waals surface area contributed by atoms with Crippen molar-refractivity contribution in [1.29, 1.82) is 0 Å². The van der Waals surface area contributed by atoms with Crippen molar-refractivity contribution in [3.05, 3.63) is 46.5 Å². The molecule has 2 aromatic heterocycles. The monoisotopic (exact) mass is 397 g/mol. The zero-order valence-electron chi connectivity index (χ0n) is 17.1. The third-order valence-electron chi connectivity index (χ3n) is 5.57. The summed E-state index contributed by atoms with van der Waals surface area (Å²) >= 11 is 0. The van der Waals surface area contributed by atoms with E-state index in [2.05, 4.69) is 37.5 Å². The fourth-order valence-electron chi connectivity index (χ4n) is 4.15. The lowest BCUT2D eigenvalue weighted by molar-refractivity contribution is 0.165. The van der Waals surface area contributed by atoms with Crippen LogP contribution in [0.4, 0.5) is 0 Å². The number of nitrogens with zero attached hydrogens (tertiary/aromatic N) is 4. The van der Waals surface area contributed by atoms with Gasteiger partial charge in [-0.25, -0.2) is 9.97 Å². The van der Waals surface area contributed by atoms with E-state index in [4.69, 9.17) is 9.47 Å². The Bertz CT molecular complexity index is 1060. The van der Waals surface area contributed by atoms with Crippen molar-refractivity contribution in [2.75, 3.05) is 27.3 Å². The van der Waals surface area contributed by atoms with Crippen molar-refractivity contribution < 1.29 is 9.47 Å². The molecule has 0 amide bonds. The summed E-state index contributed by atoms with van der Waals surface area (Å²) in [6.07, 6.45) is 7.12. The van der Waals surface area contributed by atoms with E-state index in [1.807, 2.05) is 6.20 Å². The largest absolute Gasteiger partial charge is 0.493 e. The first-order chi connectivity index (χ1) is 14.1. The Hall–Kier alpha value is -2.87. The number of methoxy groups -OCH3 is 2. The Morgan fingerprint density at radius 1 is 1.24 bits per heavy atom. The number of hydrogen-bond acceptors (Lipinski definition) is 6. The lowest BCUT2D eigenvalue weighted by atomic mass is 10.1. The molecule has 3 heterocycles. The second kappa shape index (κ2) is 8.24. The second-order valence-electron chi connectivity index (χ2n) is 7.37. The molecule has 1 aliphatic rings. The van der Waals surface area contributed by atoms with E-state index in [0.717, 1.165) is 38.2 Å². The number of aromatic nitrogens is 4. The molecule has 29 heavy (non-hydrogen) atoms. The Morgan fingerprint density at radius 3 is 2.79 bits per heavy atom. The Balaban J connectivity index is 1.58. The van der Waals surface area contributed by atoms with Gasteiger partial charge >= 0.3 is 0 Å². The molecule has 1 aliphatic heterocycles. The quantitative estimate of drug-likeness (QED) is 0.688. The number of piperidine rings is 1. The summed E-state index contributed by atoms with van der Waals surface area (Å²) < 4.78 is 12.9. The highest BCUT2D eigenvalue weighted by Gasteiger charge is 2.23. The van der Waals surface area contributed by atoms with E-state index >= 15 is 0 Å². The molecule has 1 fully saturated rings. The molecule has 0 bridgehead atoms. The minimum Gasteiger partial charge on any atom is -0.493 e. The number of likely N-dealkylation sites (tertiary alicyclic amines) is 1. The van der Waals surface area contributed by atoms with E-state index in [1.54, 1.807) is 26.4 Å². The molecule has 1 saturated heterocycles. The number of H-pyrrole nitrogens is 1. The lowest BCUT2D eigenvalue weighted by Gasteiger charge is -2.33. The molecular formula is C21H27N5O3. The Labute approximate surface area is 169 Å². The fourth-order valence-corrected chi connectivity index (χ4v) is 4.15. The molecular weight excluding hydrogens is 370 g/mol. The summed E-state index contributed by atoms with van der Waals surface area (Å²) in [6, 6.07) is 3.83. The number of rotatable bonds is 6. The molecule has 4 rings (SSSR count). The van der Waals surface area contributed by atoms with Crippen molar-refractivity contribution >= 4 is 10.9 Å². The van der Waals surface area contributed by atoms with Gasteiger partial charge in [-0.2, -0.15) is 0 Å². The highest BCUT2D eigenvalue weighted by molar-refractivity contribution is 5.81. The highest BCUT2D eigenvalue weighted by atomic mass is 16.5. The number of fused-ring (bicyclic) bond motifs is 1. The van der Waals surface area contributed by atoms with Gasteiger partial charge in [0.1, 0.15) is 11.6 Å². The van der Waals surface area contributed by atoms with Crippen LogP contribution in [0.2, 0.25) is 0 Å². The third kappa shape index (κ3) is 3.85. The molecule has 8 heteroatoms. The number of imidazole rings is 1. The standard InChI is InChI=1S/C21H27N5O3/c1-4-20-22-7-9-26(20)14-6-5-8-25(12-14)13-19-23-16-11-18(29-3)17(28-2)10-15(16)21(27)24-19/h7,9-11,14H,4-6,8,12-13H2,1-3H3,(H,23,24,27). The second-order valence-corrected chi connectivity index (χ2v) is 7.37. The Morgan fingerprint density at radius 2 is 2.03 bits per heavy atom. The normalized spacial score (nSPS) is 17.6. The van der Waals surface area contributed by atoms with E-state index in [0.29, 0.717) is 40.8 Å². The first-order valence-electron chi connectivity index (χ1n) is 10.0. The van der Waals surface area contributed by atoms with Gasteiger partial charge < -0.3 is 19.0 Å². The number of nitrogens with one attached hydrogen (secondary N) is 1. The molecule has 0 radical (unpaired) electrons. The van der Waals surface area contributed by atoms with Gasteiger partial charge in [-0.1, -0.05) is 6.92 Å². The van der Waals surface area contributed by atoms with Gasteiger partial charge in [-0.3, -0.25) is 9.69 Å². The van der Waals surface area contributed by atoms with Crippen LogP contribution in [0.25, 0.3) is 10.9 Å². The topological polar surface area (TPSA) is 85.3 Å². The molecule has 1 unspecified atom stereocenters. The van der Waals surface area contributed by atoms with Crippen LogP contribution in [0.15, 0.2) is 29.3 Å². The van der Waals surface area contributed by atoms with Crippen molar-refractivity contribution in [1.82, 2.24) is 24.4 Å². The van der Waals surface area contributed by atoms with Crippen LogP contribution < -0.4 is 15.0 Å². The van der Waals surface area contributed by atoms with Crippen LogP contribution >= 0.6 is 0 Å². The number of aryl methyl sites for hydroxylation is 1. The maximum absolute atomic E-state index is 12.6. The average molecular weight is 397 g/mol. The molecule has 0 saturated carbocycles. The van der Waals surface area contributed by atoms with Crippen LogP contribution in [0, 0.1) is 0 Å². The lowest BCUT2D eigenvalue weighted by Crippen LogP contribution is -2.37. The maximum atomic E-state index is 12.6. The first-order valence-corrected chi connectivity index (χ1v) is 10.0. The highest BCUT2D eigenvalue weighted by Crippen LogP contribution is 2.30. The molecule has 1 atom stereocenters. The molecule has 0 spiro atoms. The van der Waals surface area contributed by atoms with Gasteiger partial charge in [0.05, 0.1) is 31.7 Å². The predicted molar refractivity (Wildman–Crippen MR) is 111 cm³/mol. The van der Waals surface area contributed by atoms with Crippen molar-refractivity contribution in [2.24, 2.45) is 0 Å².